The molecule has 1 rings (SSSR count). The molecule has 0 spiro atoms. The van der Waals surface area contributed by atoms with Crippen molar-refractivity contribution in [2.75, 3.05) is 5.43 Å². The predicted octanol–water partition coefficient (Wildman–Crippen LogP) is 1.88. The molecule has 0 atom stereocenters. The molecule has 6 heteroatoms. The van der Waals surface area contributed by atoms with Gasteiger partial charge < -0.3 is 10.5 Å². The second kappa shape index (κ2) is 5.64. The lowest BCUT2D eigenvalue weighted by Crippen LogP contribution is -2.08. The van der Waals surface area contributed by atoms with Crippen LogP contribution in [0.5, 0.6) is 0 Å². The van der Waals surface area contributed by atoms with E-state index in [1.807, 2.05) is 0 Å². The first-order valence-corrected chi connectivity index (χ1v) is 3.57. The molecule has 0 radical (unpaired) electrons. The van der Waals surface area contributed by atoms with E-state index in [0.717, 1.165) is 0 Å². The van der Waals surface area contributed by atoms with Crippen LogP contribution < -0.4 is 10.4 Å². The van der Waals surface area contributed by atoms with Crippen molar-refractivity contribution >= 4 is 35.8 Å². The summed E-state index contributed by atoms with van der Waals surface area (Å²) < 4.78 is 0. The van der Waals surface area contributed by atoms with E-state index in [-0.39, 0.29) is 18.0 Å². The minimum absolute atomic E-state index is 0. The average molecular weight is 223 g/mol. The van der Waals surface area contributed by atoms with Crippen LogP contribution in [0.4, 0.5) is 5.69 Å². The van der Waals surface area contributed by atoms with Gasteiger partial charge in [0, 0.05) is 0 Å². The topological polar surface area (TPSA) is 61.4 Å². The standard InChI is InChI=1S/C7H7ClN2O2.ClH/c8-10-9-6-3-1-5(2-4-6)7(11)12;/h1-4,9-10H,(H,11,12);1H. The molecule has 4 nitrogen and oxygen atoms in total. The number of hydrogen-bond donors (Lipinski definition) is 3. The molecule has 0 saturated heterocycles. The number of nitrogens with one attached hydrogen (secondary N) is 2. The molecule has 0 unspecified atom stereocenters. The Morgan fingerprint density at radius 2 is 1.85 bits per heavy atom. The molecule has 0 aliphatic heterocycles. The van der Waals surface area contributed by atoms with E-state index < -0.39 is 5.97 Å². The third-order valence-electron chi connectivity index (χ3n) is 1.32. The number of hydrogen-bond acceptors (Lipinski definition) is 3. The Balaban J connectivity index is 0.00000144. The van der Waals surface area contributed by atoms with Gasteiger partial charge in [-0.05, 0) is 36.0 Å². The Kier molecular flexibility index (Phi) is 5.22. The van der Waals surface area contributed by atoms with Crippen molar-refractivity contribution in [3.63, 3.8) is 0 Å². The molecule has 0 saturated carbocycles. The fourth-order valence-corrected chi connectivity index (χ4v) is 0.860. The van der Waals surface area contributed by atoms with Crippen molar-refractivity contribution in [1.29, 1.82) is 0 Å². The van der Waals surface area contributed by atoms with Crippen LogP contribution in [0.2, 0.25) is 0 Å². The van der Waals surface area contributed by atoms with Crippen LogP contribution in [-0.2, 0) is 0 Å². The van der Waals surface area contributed by atoms with E-state index in [2.05, 4.69) is 10.4 Å². The second-order valence-electron chi connectivity index (χ2n) is 2.10. The zero-order valence-electron chi connectivity index (χ0n) is 6.45. The van der Waals surface area contributed by atoms with Gasteiger partial charge in [-0.1, -0.05) is 0 Å². The lowest BCUT2D eigenvalue weighted by molar-refractivity contribution is 0.0697. The highest BCUT2D eigenvalue weighted by Crippen LogP contribution is 2.08. The van der Waals surface area contributed by atoms with Gasteiger partial charge in [-0.25, -0.2) is 4.79 Å². The molecule has 3 N–H and O–H groups in total. The summed E-state index contributed by atoms with van der Waals surface area (Å²) in [6.07, 6.45) is 0. The maximum absolute atomic E-state index is 10.4. The highest BCUT2D eigenvalue weighted by atomic mass is 35.5. The highest BCUT2D eigenvalue weighted by molar-refractivity contribution is 6.13. The first kappa shape index (κ1) is 12.0. The summed E-state index contributed by atoms with van der Waals surface area (Å²) in [7, 11) is 0. The van der Waals surface area contributed by atoms with Crippen molar-refractivity contribution in [2.45, 2.75) is 0 Å². The molecule has 0 amide bonds. The van der Waals surface area contributed by atoms with Gasteiger partial charge in [0.2, 0.25) is 0 Å². The fraction of sp³-hybridized carbons (Fsp3) is 0. The summed E-state index contributed by atoms with van der Waals surface area (Å²) >= 11 is 5.16. The van der Waals surface area contributed by atoms with Crippen LogP contribution >= 0.6 is 24.2 Å². The molecular formula is C7H8Cl2N2O2. The Bertz CT molecular complexity index is 276. The van der Waals surface area contributed by atoms with Crippen LogP contribution in [0.3, 0.4) is 0 Å². The largest absolute Gasteiger partial charge is 0.478 e. The van der Waals surface area contributed by atoms with Crippen LogP contribution in [-0.4, -0.2) is 11.1 Å². The zero-order valence-corrected chi connectivity index (χ0v) is 8.02. The average Bonchev–Trinajstić information content (AvgIpc) is 2.06. The number of halogens is 2. The van der Waals surface area contributed by atoms with Gasteiger partial charge in [-0.2, -0.15) is 0 Å². The molecule has 0 fully saturated rings. The van der Waals surface area contributed by atoms with E-state index in [0.29, 0.717) is 5.69 Å². The summed E-state index contributed by atoms with van der Waals surface area (Å²) in [5.41, 5.74) is 3.55. The van der Waals surface area contributed by atoms with Crippen molar-refractivity contribution in [3.8, 4) is 0 Å². The molecule has 0 aliphatic carbocycles. The highest BCUT2D eigenvalue weighted by Gasteiger charge is 2.00. The van der Waals surface area contributed by atoms with Crippen LogP contribution in [0.25, 0.3) is 0 Å². The molecule has 0 aromatic heterocycles. The maximum Gasteiger partial charge on any atom is 0.335 e. The molecule has 0 aliphatic rings. The Morgan fingerprint density at radius 1 is 1.31 bits per heavy atom. The maximum atomic E-state index is 10.4. The third kappa shape index (κ3) is 3.50. The summed E-state index contributed by atoms with van der Waals surface area (Å²) in [4.78, 5) is 12.6. The SMILES string of the molecule is Cl.O=C(O)c1ccc(NNCl)cc1. The number of rotatable bonds is 3. The number of hydrazine groups is 1. The van der Waals surface area contributed by atoms with Gasteiger partial charge in [0.25, 0.3) is 0 Å². The smallest absolute Gasteiger partial charge is 0.335 e. The van der Waals surface area contributed by atoms with E-state index in [4.69, 9.17) is 16.9 Å². The molecule has 0 heterocycles. The van der Waals surface area contributed by atoms with Crippen molar-refractivity contribution < 1.29 is 9.90 Å². The Labute approximate surface area is 86.4 Å². The number of carboxylic acids is 1. The third-order valence-corrected chi connectivity index (χ3v) is 1.42. The molecule has 1 aromatic carbocycles. The molecular weight excluding hydrogens is 215 g/mol. The van der Waals surface area contributed by atoms with E-state index in [1.54, 1.807) is 12.1 Å². The van der Waals surface area contributed by atoms with Gasteiger partial charge in [0.15, 0.2) is 0 Å². The summed E-state index contributed by atoms with van der Waals surface area (Å²) in [6, 6.07) is 6.19. The van der Waals surface area contributed by atoms with Gasteiger partial charge >= 0.3 is 5.97 Å². The minimum Gasteiger partial charge on any atom is -0.478 e. The summed E-state index contributed by atoms with van der Waals surface area (Å²) in [6.45, 7) is 0. The normalized spacial score (nSPS) is 8.69. The van der Waals surface area contributed by atoms with E-state index in [9.17, 15) is 4.79 Å². The zero-order chi connectivity index (χ0) is 8.97. The first-order chi connectivity index (χ1) is 5.74. The Hall–Kier alpha value is -0.970. The summed E-state index contributed by atoms with van der Waals surface area (Å²) in [5.74, 6) is -0.944. The fourth-order valence-electron chi connectivity index (χ4n) is 0.751. The number of aromatic carboxylic acids is 1. The van der Waals surface area contributed by atoms with E-state index in [1.165, 1.54) is 12.1 Å². The van der Waals surface area contributed by atoms with Crippen LogP contribution in [0.15, 0.2) is 24.3 Å². The van der Waals surface area contributed by atoms with Gasteiger partial charge in [-0.3, -0.25) is 0 Å². The lowest BCUT2D eigenvalue weighted by atomic mass is 10.2. The monoisotopic (exact) mass is 222 g/mol. The van der Waals surface area contributed by atoms with Gasteiger partial charge in [0.05, 0.1) is 11.3 Å². The van der Waals surface area contributed by atoms with Crippen LogP contribution in [0, 0.1) is 0 Å². The summed E-state index contributed by atoms with van der Waals surface area (Å²) in [5, 5.41) is 8.54. The number of anilines is 1. The van der Waals surface area contributed by atoms with Crippen molar-refractivity contribution in [2.24, 2.45) is 0 Å². The number of carbonyl (C=O) groups is 1. The van der Waals surface area contributed by atoms with Crippen molar-refractivity contribution in [3.05, 3.63) is 29.8 Å². The predicted molar refractivity (Wildman–Crippen MR) is 53.3 cm³/mol. The molecule has 13 heavy (non-hydrogen) atoms. The number of benzene rings is 1. The van der Waals surface area contributed by atoms with Gasteiger partial charge in [-0.15, -0.1) is 17.4 Å². The quantitative estimate of drug-likeness (QED) is 0.540. The van der Waals surface area contributed by atoms with Crippen molar-refractivity contribution in [1.82, 2.24) is 4.94 Å². The van der Waals surface area contributed by atoms with Crippen LogP contribution in [0.1, 0.15) is 10.4 Å². The Morgan fingerprint density at radius 3 is 2.23 bits per heavy atom. The molecule has 1 aromatic rings. The number of carboxylic acid groups (broad SMARTS) is 1. The van der Waals surface area contributed by atoms with E-state index >= 15 is 0 Å². The second-order valence-corrected chi connectivity index (χ2v) is 2.29. The molecule has 72 valence electrons. The minimum atomic E-state index is -0.944. The lowest BCUT2D eigenvalue weighted by Gasteiger charge is -2.01. The molecule has 0 bridgehead atoms. The first-order valence-electron chi connectivity index (χ1n) is 3.19. The van der Waals surface area contributed by atoms with Gasteiger partial charge in [0.1, 0.15) is 0 Å².